The molecule has 0 atom stereocenters. The molecule has 0 amide bonds. The van der Waals surface area contributed by atoms with E-state index >= 15 is 0 Å². The molecule has 3 rings (SSSR count). The van der Waals surface area contributed by atoms with E-state index in [0.29, 0.717) is 17.3 Å². The minimum Gasteiger partial charge on any atom is -0.493 e. The normalized spacial score (nSPS) is 10.8. The van der Waals surface area contributed by atoms with Crippen LogP contribution in [0.1, 0.15) is 5.56 Å². The number of fused-ring (bicyclic) bond motifs is 1. The average molecular weight is 301 g/mol. The predicted molar refractivity (Wildman–Crippen MR) is 84.2 cm³/mol. The lowest BCUT2D eigenvalue weighted by molar-refractivity contribution is 0.355. The van der Waals surface area contributed by atoms with Gasteiger partial charge in [0.15, 0.2) is 17.1 Å². The number of hydrogen-bond donors (Lipinski definition) is 1. The van der Waals surface area contributed by atoms with Crippen LogP contribution < -0.4 is 9.47 Å². The van der Waals surface area contributed by atoms with Gasteiger partial charge in [-0.15, -0.1) is 0 Å². The molecule has 0 unspecified atom stereocenters. The van der Waals surface area contributed by atoms with Crippen LogP contribution in [0.5, 0.6) is 11.5 Å². The lowest BCUT2D eigenvalue weighted by Crippen LogP contribution is -1.92. The van der Waals surface area contributed by atoms with Crippen LogP contribution in [0.4, 0.5) is 0 Å². The fraction of sp³-hybridized carbons (Fsp3) is 0.200. The molecule has 5 nitrogen and oxygen atoms in total. The molecule has 3 aromatic rings. The van der Waals surface area contributed by atoms with Crippen molar-refractivity contribution in [2.24, 2.45) is 0 Å². The summed E-state index contributed by atoms with van der Waals surface area (Å²) < 4.78 is 12.4. The van der Waals surface area contributed by atoms with E-state index in [1.807, 2.05) is 30.5 Å². The standard InChI is InChI=1S/C15H15N3O2S/c1-19-12-5-4-10(8-13(12)20-2)14-11(9-21)15-16-6-3-7-18(15)17-14/h3-8,21H,9H2,1-2H3. The molecular weight excluding hydrogens is 286 g/mol. The van der Waals surface area contributed by atoms with Crippen molar-refractivity contribution in [1.82, 2.24) is 14.6 Å². The summed E-state index contributed by atoms with van der Waals surface area (Å²) in [6, 6.07) is 7.58. The molecule has 6 heteroatoms. The summed E-state index contributed by atoms with van der Waals surface area (Å²) in [7, 11) is 3.23. The summed E-state index contributed by atoms with van der Waals surface area (Å²) in [5, 5.41) is 4.59. The summed E-state index contributed by atoms with van der Waals surface area (Å²) in [5.41, 5.74) is 3.61. The molecule has 0 aliphatic rings. The third kappa shape index (κ3) is 2.31. The molecule has 0 aliphatic carbocycles. The highest BCUT2D eigenvalue weighted by molar-refractivity contribution is 7.79. The summed E-state index contributed by atoms with van der Waals surface area (Å²) in [4.78, 5) is 4.37. The van der Waals surface area contributed by atoms with Crippen molar-refractivity contribution in [3.63, 3.8) is 0 Å². The van der Waals surface area contributed by atoms with Gasteiger partial charge in [0.2, 0.25) is 0 Å². The fourth-order valence-corrected chi connectivity index (χ4v) is 2.59. The van der Waals surface area contributed by atoms with Crippen LogP contribution in [-0.4, -0.2) is 28.8 Å². The lowest BCUT2D eigenvalue weighted by Gasteiger charge is -2.09. The maximum absolute atomic E-state index is 5.35. The van der Waals surface area contributed by atoms with Crippen LogP contribution in [0.3, 0.4) is 0 Å². The van der Waals surface area contributed by atoms with Crippen molar-refractivity contribution in [1.29, 1.82) is 0 Å². The van der Waals surface area contributed by atoms with E-state index in [2.05, 4.69) is 22.7 Å². The number of ether oxygens (including phenoxy) is 2. The van der Waals surface area contributed by atoms with Crippen molar-refractivity contribution in [2.45, 2.75) is 5.75 Å². The maximum atomic E-state index is 5.35. The Morgan fingerprint density at radius 3 is 2.71 bits per heavy atom. The van der Waals surface area contributed by atoms with Crippen LogP contribution in [-0.2, 0) is 5.75 Å². The van der Waals surface area contributed by atoms with Crippen LogP contribution in [0.25, 0.3) is 16.9 Å². The van der Waals surface area contributed by atoms with Gasteiger partial charge in [-0.05, 0) is 24.3 Å². The third-order valence-electron chi connectivity index (χ3n) is 3.31. The highest BCUT2D eigenvalue weighted by atomic mass is 32.1. The Hall–Kier alpha value is -2.21. The second-order valence-electron chi connectivity index (χ2n) is 4.44. The SMILES string of the molecule is COc1ccc(-c2nn3cccnc3c2CS)cc1OC. The number of rotatable bonds is 4. The largest absolute Gasteiger partial charge is 0.493 e. The summed E-state index contributed by atoms with van der Waals surface area (Å²) in [6.45, 7) is 0. The Morgan fingerprint density at radius 2 is 2.00 bits per heavy atom. The van der Waals surface area contributed by atoms with E-state index in [1.165, 1.54) is 0 Å². The second kappa shape index (κ2) is 5.65. The van der Waals surface area contributed by atoms with Crippen LogP contribution >= 0.6 is 12.6 Å². The predicted octanol–water partition coefficient (Wildman–Crippen LogP) is 2.84. The van der Waals surface area contributed by atoms with Crippen LogP contribution in [0.15, 0.2) is 36.7 Å². The average Bonchev–Trinajstić information content (AvgIpc) is 2.92. The Labute approximate surface area is 127 Å². The molecule has 0 saturated carbocycles. The minimum atomic E-state index is 0.560. The zero-order chi connectivity index (χ0) is 14.8. The van der Waals surface area contributed by atoms with Crippen LogP contribution in [0, 0.1) is 0 Å². The number of thiol groups is 1. The molecule has 0 spiro atoms. The van der Waals surface area contributed by atoms with Gasteiger partial charge in [-0.3, -0.25) is 0 Å². The molecule has 108 valence electrons. The van der Waals surface area contributed by atoms with E-state index < -0.39 is 0 Å². The van der Waals surface area contributed by atoms with Gasteiger partial charge in [-0.2, -0.15) is 17.7 Å². The lowest BCUT2D eigenvalue weighted by atomic mass is 10.1. The molecule has 0 aliphatic heterocycles. The summed E-state index contributed by atoms with van der Waals surface area (Å²) >= 11 is 4.41. The van der Waals surface area contributed by atoms with Crippen molar-refractivity contribution in [2.75, 3.05) is 14.2 Å². The third-order valence-corrected chi connectivity index (χ3v) is 3.62. The van der Waals surface area contributed by atoms with Crippen LogP contribution in [0.2, 0.25) is 0 Å². The number of methoxy groups -OCH3 is 2. The van der Waals surface area contributed by atoms with E-state index in [-0.39, 0.29) is 0 Å². The van der Waals surface area contributed by atoms with Crippen molar-refractivity contribution in [3.8, 4) is 22.8 Å². The first kappa shape index (κ1) is 13.8. The van der Waals surface area contributed by atoms with Gasteiger partial charge in [0, 0.05) is 29.3 Å². The Kier molecular flexibility index (Phi) is 3.70. The molecule has 2 aromatic heterocycles. The molecule has 2 heterocycles. The fourth-order valence-electron chi connectivity index (χ4n) is 2.30. The highest BCUT2D eigenvalue weighted by Crippen LogP contribution is 2.34. The molecule has 1 aromatic carbocycles. The minimum absolute atomic E-state index is 0.560. The zero-order valence-corrected chi connectivity index (χ0v) is 12.7. The number of benzene rings is 1. The highest BCUT2D eigenvalue weighted by Gasteiger charge is 2.16. The van der Waals surface area contributed by atoms with Gasteiger partial charge >= 0.3 is 0 Å². The molecule has 0 N–H and O–H groups in total. The number of aromatic nitrogens is 3. The van der Waals surface area contributed by atoms with Crippen molar-refractivity contribution in [3.05, 3.63) is 42.2 Å². The number of hydrogen-bond acceptors (Lipinski definition) is 5. The van der Waals surface area contributed by atoms with E-state index in [9.17, 15) is 0 Å². The molecule has 21 heavy (non-hydrogen) atoms. The zero-order valence-electron chi connectivity index (χ0n) is 11.8. The van der Waals surface area contributed by atoms with Crippen molar-refractivity contribution < 1.29 is 9.47 Å². The van der Waals surface area contributed by atoms with Gasteiger partial charge in [0.25, 0.3) is 0 Å². The molecule has 0 bridgehead atoms. The maximum Gasteiger partial charge on any atom is 0.161 e. The molecule has 0 saturated heterocycles. The first-order chi connectivity index (χ1) is 10.3. The molecule has 0 fully saturated rings. The second-order valence-corrected chi connectivity index (χ2v) is 4.76. The summed E-state index contributed by atoms with van der Waals surface area (Å²) in [6.07, 6.45) is 3.63. The Balaban J connectivity index is 2.20. The van der Waals surface area contributed by atoms with Gasteiger partial charge in [-0.25, -0.2) is 9.50 Å². The van der Waals surface area contributed by atoms with Gasteiger partial charge < -0.3 is 9.47 Å². The van der Waals surface area contributed by atoms with Gasteiger partial charge in [0.1, 0.15) is 0 Å². The molecular formula is C15H15N3O2S. The number of nitrogens with zero attached hydrogens (tertiary/aromatic N) is 3. The Bertz CT molecular complexity index is 786. The topological polar surface area (TPSA) is 48.7 Å². The van der Waals surface area contributed by atoms with Gasteiger partial charge in [-0.1, -0.05) is 0 Å². The first-order valence-electron chi connectivity index (χ1n) is 6.44. The van der Waals surface area contributed by atoms with E-state index in [0.717, 1.165) is 22.5 Å². The monoisotopic (exact) mass is 301 g/mol. The first-order valence-corrected chi connectivity index (χ1v) is 7.07. The Morgan fingerprint density at radius 1 is 1.19 bits per heavy atom. The smallest absolute Gasteiger partial charge is 0.161 e. The van der Waals surface area contributed by atoms with E-state index in [4.69, 9.17) is 9.47 Å². The van der Waals surface area contributed by atoms with Gasteiger partial charge in [0.05, 0.1) is 19.9 Å². The molecule has 0 radical (unpaired) electrons. The van der Waals surface area contributed by atoms with E-state index in [1.54, 1.807) is 24.9 Å². The summed E-state index contributed by atoms with van der Waals surface area (Å²) in [5.74, 6) is 1.92. The quantitative estimate of drug-likeness (QED) is 0.753. The van der Waals surface area contributed by atoms with Crippen molar-refractivity contribution >= 4 is 18.3 Å².